The molecule has 3 rings (SSSR count). The summed E-state index contributed by atoms with van der Waals surface area (Å²) < 4.78 is 1.41. The predicted molar refractivity (Wildman–Crippen MR) is 120 cm³/mol. The van der Waals surface area contributed by atoms with Gasteiger partial charge in [0.1, 0.15) is 0 Å². The van der Waals surface area contributed by atoms with Gasteiger partial charge in [0.25, 0.3) is 0 Å². The van der Waals surface area contributed by atoms with Crippen LogP contribution in [0.1, 0.15) is 33.3 Å². The third kappa shape index (κ3) is 4.92. The summed E-state index contributed by atoms with van der Waals surface area (Å²) >= 11 is 7.34. The molecular formula is C21H24ClN5OS. The SMILES string of the molecule is CC(Sc1nnc(-c2ccc(C(C)(C)C)cc2)n1N)C(=O)Nc1ccccc1Cl. The zero-order chi connectivity index (χ0) is 21.2. The maximum atomic E-state index is 12.5. The maximum Gasteiger partial charge on any atom is 0.237 e. The third-order valence-electron chi connectivity index (χ3n) is 4.46. The molecule has 0 saturated heterocycles. The van der Waals surface area contributed by atoms with E-state index in [4.69, 9.17) is 17.4 Å². The molecular weight excluding hydrogens is 406 g/mol. The molecule has 8 heteroatoms. The van der Waals surface area contributed by atoms with Crippen LogP contribution < -0.4 is 11.2 Å². The summed E-state index contributed by atoms with van der Waals surface area (Å²) in [7, 11) is 0. The number of hydrogen-bond donors (Lipinski definition) is 2. The summed E-state index contributed by atoms with van der Waals surface area (Å²) in [4.78, 5) is 12.5. The summed E-state index contributed by atoms with van der Waals surface area (Å²) in [5.41, 5.74) is 2.73. The van der Waals surface area contributed by atoms with E-state index in [2.05, 4.69) is 48.4 Å². The van der Waals surface area contributed by atoms with Crippen molar-refractivity contribution in [3.8, 4) is 11.4 Å². The smallest absolute Gasteiger partial charge is 0.237 e. The van der Waals surface area contributed by atoms with Gasteiger partial charge in [-0.1, -0.05) is 80.5 Å². The number of para-hydroxylation sites is 1. The number of carbonyl (C=O) groups is 1. The molecule has 0 aliphatic carbocycles. The van der Waals surface area contributed by atoms with Crippen LogP contribution in [0.25, 0.3) is 11.4 Å². The Kier molecular flexibility index (Phi) is 6.19. The predicted octanol–water partition coefficient (Wildman–Crippen LogP) is 4.73. The minimum Gasteiger partial charge on any atom is -0.335 e. The first-order chi connectivity index (χ1) is 13.7. The Morgan fingerprint density at radius 3 is 2.41 bits per heavy atom. The molecule has 2 aromatic carbocycles. The summed E-state index contributed by atoms with van der Waals surface area (Å²) in [6.45, 7) is 8.27. The monoisotopic (exact) mass is 429 g/mol. The number of anilines is 1. The quantitative estimate of drug-likeness (QED) is 0.452. The molecule has 1 unspecified atom stereocenters. The van der Waals surface area contributed by atoms with Crippen LogP contribution in [0.3, 0.4) is 0 Å². The van der Waals surface area contributed by atoms with E-state index in [0.29, 0.717) is 21.7 Å². The highest BCUT2D eigenvalue weighted by molar-refractivity contribution is 8.00. The molecule has 0 aliphatic heterocycles. The fraction of sp³-hybridized carbons (Fsp3) is 0.286. The molecule has 0 aliphatic rings. The molecule has 3 aromatic rings. The van der Waals surface area contributed by atoms with Crippen molar-refractivity contribution in [3.05, 3.63) is 59.1 Å². The number of nitrogens with zero attached hydrogens (tertiary/aromatic N) is 3. The van der Waals surface area contributed by atoms with Gasteiger partial charge in [-0.3, -0.25) is 4.79 Å². The molecule has 1 heterocycles. The highest BCUT2D eigenvalue weighted by Crippen LogP contribution is 2.28. The van der Waals surface area contributed by atoms with Gasteiger partial charge in [0.2, 0.25) is 11.1 Å². The molecule has 1 amide bonds. The minimum absolute atomic E-state index is 0.0698. The Morgan fingerprint density at radius 1 is 1.14 bits per heavy atom. The zero-order valence-electron chi connectivity index (χ0n) is 16.8. The number of carbonyl (C=O) groups excluding carboxylic acids is 1. The largest absolute Gasteiger partial charge is 0.335 e. The van der Waals surface area contributed by atoms with E-state index in [1.807, 2.05) is 24.3 Å². The van der Waals surface area contributed by atoms with E-state index in [1.165, 1.54) is 22.0 Å². The van der Waals surface area contributed by atoms with E-state index >= 15 is 0 Å². The van der Waals surface area contributed by atoms with Crippen LogP contribution in [0.2, 0.25) is 5.02 Å². The van der Waals surface area contributed by atoms with Crippen LogP contribution in [-0.4, -0.2) is 26.0 Å². The number of hydrogen-bond acceptors (Lipinski definition) is 5. The van der Waals surface area contributed by atoms with E-state index < -0.39 is 5.25 Å². The molecule has 0 radical (unpaired) electrons. The number of benzene rings is 2. The van der Waals surface area contributed by atoms with Gasteiger partial charge < -0.3 is 11.2 Å². The van der Waals surface area contributed by atoms with Crippen molar-refractivity contribution in [1.29, 1.82) is 0 Å². The van der Waals surface area contributed by atoms with Crippen LogP contribution in [0.4, 0.5) is 5.69 Å². The normalized spacial score (nSPS) is 12.6. The Bertz CT molecular complexity index is 1010. The Hall–Kier alpha value is -2.51. The Balaban J connectivity index is 1.72. The minimum atomic E-state index is -0.436. The molecule has 1 aromatic heterocycles. The number of nitrogens with one attached hydrogen (secondary N) is 1. The van der Waals surface area contributed by atoms with Crippen LogP contribution in [0.15, 0.2) is 53.7 Å². The fourth-order valence-electron chi connectivity index (χ4n) is 2.68. The van der Waals surface area contributed by atoms with Crippen LogP contribution in [0.5, 0.6) is 0 Å². The van der Waals surface area contributed by atoms with Crippen molar-refractivity contribution in [2.45, 2.75) is 43.5 Å². The first-order valence-electron chi connectivity index (χ1n) is 9.20. The summed E-state index contributed by atoms with van der Waals surface area (Å²) in [6.07, 6.45) is 0. The lowest BCUT2D eigenvalue weighted by atomic mass is 9.87. The van der Waals surface area contributed by atoms with E-state index in [1.54, 1.807) is 19.1 Å². The number of amides is 1. The molecule has 3 N–H and O–H groups in total. The van der Waals surface area contributed by atoms with Gasteiger partial charge >= 0.3 is 0 Å². The molecule has 0 fully saturated rings. The molecule has 152 valence electrons. The second-order valence-corrected chi connectivity index (χ2v) is 9.45. The zero-order valence-corrected chi connectivity index (χ0v) is 18.4. The average molecular weight is 430 g/mol. The van der Waals surface area contributed by atoms with Crippen molar-refractivity contribution in [3.63, 3.8) is 0 Å². The topological polar surface area (TPSA) is 85.8 Å². The van der Waals surface area contributed by atoms with Gasteiger partial charge in [-0.25, -0.2) is 4.68 Å². The highest BCUT2D eigenvalue weighted by atomic mass is 35.5. The van der Waals surface area contributed by atoms with Crippen molar-refractivity contribution in [2.75, 3.05) is 11.2 Å². The van der Waals surface area contributed by atoms with Crippen LogP contribution in [-0.2, 0) is 10.2 Å². The number of nitrogens with two attached hydrogens (primary N) is 1. The average Bonchev–Trinajstić information content (AvgIpc) is 3.03. The van der Waals surface area contributed by atoms with Crippen molar-refractivity contribution in [1.82, 2.24) is 14.9 Å². The third-order valence-corrected chi connectivity index (χ3v) is 5.84. The molecule has 0 saturated carbocycles. The number of halogens is 1. The Morgan fingerprint density at radius 2 is 1.79 bits per heavy atom. The highest BCUT2D eigenvalue weighted by Gasteiger charge is 2.21. The number of thioether (sulfide) groups is 1. The summed E-state index contributed by atoms with van der Waals surface area (Å²) in [5, 5.41) is 11.7. The first-order valence-corrected chi connectivity index (χ1v) is 10.5. The van der Waals surface area contributed by atoms with Gasteiger partial charge in [-0.05, 0) is 30.0 Å². The second-order valence-electron chi connectivity index (χ2n) is 7.73. The molecule has 1 atom stereocenters. The lowest BCUT2D eigenvalue weighted by Crippen LogP contribution is -2.23. The van der Waals surface area contributed by atoms with Gasteiger partial charge in [-0.2, -0.15) is 0 Å². The molecule has 0 spiro atoms. The summed E-state index contributed by atoms with van der Waals surface area (Å²) in [6, 6.07) is 15.2. The molecule has 29 heavy (non-hydrogen) atoms. The standard InChI is InChI=1S/C21H24ClN5OS/c1-13(19(28)24-17-8-6-5-7-16(17)22)29-20-26-25-18(27(20)23)14-9-11-15(12-10-14)21(2,3)4/h5-13H,23H2,1-4H3,(H,24,28). The lowest BCUT2D eigenvalue weighted by molar-refractivity contribution is -0.115. The summed E-state index contributed by atoms with van der Waals surface area (Å²) in [5.74, 6) is 6.56. The lowest BCUT2D eigenvalue weighted by Gasteiger charge is -2.19. The van der Waals surface area contributed by atoms with Crippen LogP contribution in [0, 0.1) is 0 Å². The van der Waals surface area contributed by atoms with Crippen molar-refractivity contribution >= 4 is 35.0 Å². The van der Waals surface area contributed by atoms with Crippen molar-refractivity contribution in [2.24, 2.45) is 0 Å². The van der Waals surface area contributed by atoms with Gasteiger partial charge in [-0.15, -0.1) is 10.2 Å². The number of nitrogen functional groups attached to an aromatic ring is 1. The second kappa shape index (κ2) is 8.47. The van der Waals surface area contributed by atoms with E-state index in [-0.39, 0.29) is 11.3 Å². The molecule has 0 bridgehead atoms. The van der Waals surface area contributed by atoms with Crippen molar-refractivity contribution < 1.29 is 4.79 Å². The first kappa shape index (κ1) is 21.2. The Labute approximate surface area is 179 Å². The molecule has 6 nitrogen and oxygen atoms in total. The van der Waals surface area contributed by atoms with Gasteiger partial charge in [0, 0.05) is 5.56 Å². The van der Waals surface area contributed by atoms with E-state index in [9.17, 15) is 4.79 Å². The fourth-order valence-corrected chi connectivity index (χ4v) is 3.64. The maximum absolute atomic E-state index is 12.5. The van der Waals surface area contributed by atoms with E-state index in [0.717, 1.165) is 5.56 Å². The van der Waals surface area contributed by atoms with Gasteiger partial charge in [0.05, 0.1) is 16.0 Å². The van der Waals surface area contributed by atoms with Gasteiger partial charge in [0.15, 0.2) is 5.82 Å². The number of rotatable bonds is 5. The number of aromatic nitrogens is 3. The van der Waals surface area contributed by atoms with Crippen LogP contribution >= 0.6 is 23.4 Å².